The highest BCUT2D eigenvalue weighted by molar-refractivity contribution is 6.34. The third-order valence-corrected chi connectivity index (χ3v) is 7.03. The number of nitrogens with one attached hydrogen (secondary N) is 2. The number of amides is 1. The van der Waals surface area contributed by atoms with E-state index in [0.717, 1.165) is 30.0 Å². The number of benzene rings is 2. The Kier molecular flexibility index (Phi) is 6.15. The van der Waals surface area contributed by atoms with Crippen molar-refractivity contribution in [2.75, 3.05) is 41.9 Å². The Hall–Kier alpha value is -3.16. The lowest BCUT2D eigenvalue weighted by Gasteiger charge is -2.35. The number of aromatic nitrogens is 2. The summed E-state index contributed by atoms with van der Waals surface area (Å²) in [7, 11) is 1.92. The van der Waals surface area contributed by atoms with Gasteiger partial charge in [0, 0.05) is 18.9 Å². The molecule has 1 saturated heterocycles. The Morgan fingerprint density at radius 2 is 1.91 bits per heavy atom. The van der Waals surface area contributed by atoms with Gasteiger partial charge in [-0.15, -0.1) is 0 Å². The van der Waals surface area contributed by atoms with Crippen molar-refractivity contribution in [3.05, 3.63) is 69.9 Å². The van der Waals surface area contributed by atoms with E-state index in [0.29, 0.717) is 34.9 Å². The third kappa shape index (κ3) is 4.21. The number of carbonyl (C=O) groups excluding carboxylic acids is 1. The maximum absolute atomic E-state index is 13.3. The van der Waals surface area contributed by atoms with Crippen molar-refractivity contribution in [3.8, 4) is 0 Å². The first kappa shape index (κ1) is 22.6. The number of nitrogens with zero attached hydrogens (tertiary/aromatic N) is 4. The molecule has 0 bridgehead atoms. The summed E-state index contributed by atoms with van der Waals surface area (Å²) in [6.45, 7) is 6.62. The van der Waals surface area contributed by atoms with Crippen LogP contribution in [0.25, 0.3) is 0 Å². The van der Waals surface area contributed by atoms with Crippen LogP contribution >= 0.6 is 11.6 Å². The average molecular weight is 477 g/mol. The molecule has 0 radical (unpaired) electrons. The molecule has 3 aromatic rings. The second kappa shape index (κ2) is 9.24. The molecule has 1 amide bonds. The lowest BCUT2D eigenvalue weighted by atomic mass is 9.87. The van der Waals surface area contributed by atoms with Crippen molar-refractivity contribution in [2.24, 2.45) is 0 Å². The molecule has 0 atom stereocenters. The zero-order chi connectivity index (χ0) is 23.8. The zero-order valence-corrected chi connectivity index (χ0v) is 20.5. The highest BCUT2D eigenvalue weighted by Crippen LogP contribution is 2.35. The number of anilines is 4. The first-order valence-electron chi connectivity index (χ1n) is 11.7. The number of hydrogen-bond acceptors (Lipinski definition) is 6. The Morgan fingerprint density at radius 1 is 1.12 bits per heavy atom. The van der Waals surface area contributed by atoms with Crippen LogP contribution in [0.15, 0.2) is 42.6 Å². The highest BCUT2D eigenvalue weighted by atomic mass is 35.5. The number of rotatable bonds is 4. The van der Waals surface area contributed by atoms with Gasteiger partial charge in [-0.25, -0.2) is 4.98 Å². The van der Waals surface area contributed by atoms with Crippen LogP contribution < -0.4 is 20.4 Å². The first-order chi connectivity index (χ1) is 16.4. The molecule has 2 aliphatic rings. The number of carbonyl (C=O) groups is 1. The minimum absolute atomic E-state index is 0.155. The Labute approximate surface area is 205 Å². The van der Waals surface area contributed by atoms with Crippen molar-refractivity contribution in [2.45, 2.75) is 32.6 Å². The molecule has 0 spiro atoms. The molecule has 1 aromatic heterocycles. The van der Waals surface area contributed by atoms with E-state index in [4.69, 9.17) is 11.6 Å². The number of halogens is 1. The Bertz CT molecular complexity index is 1220. The SMILES string of the molecule is Cc1cc(Nc2ncc3c(n2)N(C)CN(c2c(C)cccc2Cl)C3=O)ccc1C1CCNCC1. The van der Waals surface area contributed by atoms with Crippen LogP contribution in [-0.2, 0) is 0 Å². The number of aryl methyl sites for hydroxylation is 2. The van der Waals surface area contributed by atoms with Gasteiger partial charge in [-0.1, -0.05) is 29.8 Å². The molecule has 2 N–H and O–H groups in total. The molecule has 2 aliphatic heterocycles. The summed E-state index contributed by atoms with van der Waals surface area (Å²) < 4.78 is 0. The molecule has 8 heteroatoms. The van der Waals surface area contributed by atoms with Gasteiger partial charge in [0.15, 0.2) is 0 Å². The maximum Gasteiger partial charge on any atom is 0.265 e. The van der Waals surface area contributed by atoms with Crippen molar-refractivity contribution < 1.29 is 4.79 Å². The largest absolute Gasteiger partial charge is 0.341 e. The molecule has 2 aromatic carbocycles. The fraction of sp³-hybridized carbons (Fsp3) is 0.346. The van der Waals surface area contributed by atoms with E-state index in [-0.39, 0.29) is 5.91 Å². The van der Waals surface area contributed by atoms with Gasteiger partial charge in [0.1, 0.15) is 11.4 Å². The summed E-state index contributed by atoms with van der Waals surface area (Å²) in [5.41, 5.74) is 5.74. The van der Waals surface area contributed by atoms with Gasteiger partial charge in [-0.05, 0) is 80.6 Å². The standard InChI is InChI=1S/C26H29ClN6O/c1-16-5-4-6-22(27)23(16)33-15-32(3)24-21(25(33)34)14-29-26(31-24)30-19-7-8-20(17(2)13-19)18-9-11-28-12-10-18/h4-8,13-14,18,28H,9-12,15H2,1-3H3,(H,29,30,31). The second-order valence-electron chi connectivity index (χ2n) is 9.13. The summed E-state index contributed by atoms with van der Waals surface area (Å²) in [5.74, 6) is 1.53. The third-order valence-electron chi connectivity index (χ3n) is 6.72. The lowest BCUT2D eigenvalue weighted by molar-refractivity contribution is 0.0982. The van der Waals surface area contributed by atoms with Gasteiger partial charge < -0.3 is 15.5 Å². The maximum atomic E-state index is 13.3. The summed E-state index contributed by atoms with van der Waals surface area (Å²) >= 11 is 6.44. The minimum atomic E-state index is -0.155. The number of fused-ring (bicyclic) bond motifs is 1. The number of hydrogen-bond donors (Lipinski definition) is 2. The molecule has 1 fully saturated rings. The number of piperidine rings is 1. The van der Waals surface area contributed by atoms with E-state index in [2.05, 4.69) is 45.7 Å². The van der Waals surface area contributed by atoms with E-state index in [1.54, 1.807) is 17.2 Å². The second-order valence-corrected chi connectivity index (χ2v) is 9.54. The summed E-state index contributed by atoms with van der Waals surface area (Å²) in [6, 6.07) is 12.1. The summed E-state index contributed by atoms with van der Waals surface area (Å²) in [6.07, 6.45) is 3.94. The van der Waals surface area contributed by atoms with Crippen LogP contribution in [0.4, 0.5) is 23.1 Å². The molecule has 0 saturated carbocycles. The van der Waals surface area contributed by atoms with E-state index >= 15 is 0 Å². The van der Waals surface area contributed by atoms with Crippen molar-refractivity contribution >= 4 is 40.6 Å². The Morgan fingerprint density at radius 3 is 2.65 bits per heavy atom. The van der Waals surface area contributed by atoms with Gasteiger partial charge >= 0.3 is 0 Å². The molecule has 34 heavy (non-hydrogen) atoms. The average Bonchev–Trinajstić information content (AvgIpc) is 2.83. The topological polar surface area (TPSA) is 73.4 Å². The van der Waals surface area contributed by atoms with Crippen LogP contribution in [0.1, 0.15) is 45.8 Å². The summed E-state index contributed by atoms with van der Waals surface area (Å²) in [4.78, 5) is 26.0. The number of para-hydroxylation sites is 1. The fourth-order valence-electron chi connectivity index (χ4n) is 4.97. The smallest absolute Gasteiger partial charge is 0.265 e. The molecule has 5 rings (SSSR count). The lowest BCUT2D eigenvalue weighted by Crippen LogP contribution is -2.46. The molecular formula is C26H29ClN6O. The van der Waals surface area contributed by atoms with Crippen molar-refractivity contribution in [1.82, 2.24) is 15.3 Å². The molecular weight excluding hydrogens is 448 g/mol. The molecule has 176 valence electrons. The van der Waals surface area contributed by atoms with Gasteiger partial charge in [-0.3, -0.25) is 9.69 Å². The van der Waals surface area contributed by atoms with Crippen LogP contribution in [0.3, 0.4) is 0 Å². The summed E-state index contributed by atoms with van der Waals surface area (Å²) in [5, 5.41) is 7.29. The van der Waals surface area contributed by atoms with Crippen molar-refractivity contribution in [3.63, 3.8) is 0 Å². The highest BCUT2D eigenvalue weighted by Gasteiger charge is 2.32. The van der Waals surface area contributed by atoms with Gasteiger partial charge in [-0.2, -0.15) is 4.98 Å². The quantitative estimate of drug-likeness (QED) is 0.551. The van der Waals surface area contributed by atoms with E-state index < -0.39 is 0 Å². The Balaban J connectivity index is 1.38. The fourth-order valence-corrected chi connectivity index (χ4v) is 5.30. The minimum Gasteiger partial charge on any atom is -0.341 e. The zero-order valence-electron chi connectivity index (χ0n) is 19.7. The molecule has 7 nitrogen and oxygen atoms in total. The van der Waals surface area contributed by atoms with Crippen LogP contribution in [-0.4, -0.2) is 42.7 Å². The predicted octanol–water partition coefficient (Wildman–Crippen LogP) is 5.01. The van der Waals surface area contributed by atoms with E-state index in [9.17, 15) is 4.79 Å². The molecule has 3 heterocycles. The first-order valence-corrected chi connectivity index (χ1v) is 12.0. The van der Waals surface area contributed by atoms with E-state index in [1.807, 2.05) is 31.0 Å². The molecule has 0 aliphatic carbocycles. The van der Waals surface area contributed by atoms with Gasteiger partial charge in [0.25, 0.3) is 5.91 Å². The van der Waals surface area contributed by atoms with Gasteiger partial charge in [0.05, 0.1) is 17.4 Å². The van der Waals surface area contributed by atoms with E-state index in [1.165, 1.54) is 24.0 Å². The monoisotopic (exact) mass is 476 g/mol. The van der Waals surface area contributed by atoms with Crippen LogP contribution in [0.5, 0.6) is 0 Å². The predicted molar refractivity (Wildman–Crippen MR) is 138 cm³/mol. The van der Waals surface area contributed by atoms with Crippen molar-refractivity contribution in [1.29, 1.82) is 0 Å². The van der Waals surface area contributed by atoms with Crippen LogP contribution in [0, 0.1) is 13.8 Å². The van der Waals surface area contributed by atoms with Gasteiger partial charge in [0.2, 0.25) is 5.95 Å². The molecule has 0 unspecified atom stereocenters. The normalized spacial score (nSPS) is 16.5. The van der Waals surface area contributed by atoms with Crippen LogP contribution in [0.2, 0.25) is 5.02 Å².